The number of nitrogens with zero attached hydrogens (tertiary/aromatic N) is 2. The number of hydrogen-bond donors (Lipinski definition) is 1. The van der Waals surface area contributed by atoms with E-state index in [0.717, 1.165) is 36.3 Å². The van der Waals surface area contributed by atoms with Crippen LogP contribution in [-0.4, -0.2) is 22.3 Å². The van der Waals surface area contributed by atoms with E-state index >= 15 is 0 Å². The molecule has 0 spiro atoms. The van der Waals surface area contributed by atoms with E-state index in [-0.39, 0.29) is 5.97 Å². The van der Waals surface area contributed by atoms with Crippen molar-refractivity contribution in [3.05, 3.63) is 47.8 Å². The number of carbonyl (C=O) groups is 1. The second kappa shape index (κ2) is 5.99. The summed E-state index contributed by atoms with van der Waals surface area (Å²) in [7, 11) is 0. The molecule has 0 aliphatic carbocycles. The predicted molar refractivity (Wildman–Crippen MR) is 80.0 cm³/mol. The van der Waals surface area contributed by atoms with Crippen LogP contribution in [0.1, 0.15) is 30.6 Å². The van der Waals surface area contributed by atoms with Crippen molar-refractivity contribution in [1.29, 1.82) is 0 Å². The number of benzene rings is 1. The number of aryl methyl sites for hydroxylation is 1. The lowest BCUT2D eigenvalue weighted by Gasteiger charge is -2.11. The van der Waals surface area contributed by atoms with E-state index in [9.17, 15) is 4.79 Å². The van der Waals surface area contributed by atoms with Crippen molar-refractivity contribution < 1.29 is 9.53 Å². The van der Waals surface area contributed by atoms with Gasteiger partial charge < -0.3 is 10.1 Å². The van der Waals surface area contributed by atoms with Gasteiger partial charge >= 0.3 is 5.97 Å². The van der Waals surface area contributed by atoms with E-state index in [0.29, 0.717) is 6.61 Å². The molecule has 110 valence electrons. The summed E-state index contributed by atoms with van der Waals surface area (Å²) >= 11 is 0. The Morgan fingerprint density at radius 1 is 1.43 bits per heavy atom. The number of anilines is 1. The van der Waals surface area contributed by atoms with E-state index in [2.05, 4.69) is 10.4 Å². The summed E-state index contributed by atoms with van der Waals surface area (Å²) in [6.07, 6.45) is 3.93. The molecule has 0 fully saturated rings. The van der Waals surface area contributed by atoms with Crippen LogP contribution in [0.15, 0.2) is 36.5 Å². The van der Waals surface area contributed by atoms with Gasteiger partial charge in [-0.05, 0) is 25.3 Å². The van der Waals surface area contributed by atoms with Crippen LogP contribution in [0.25, 0.3) is 0 Å². The number of hydrogen-bond acceptors (Lipinski definition) is 4. The van der Waals surface area contributed by atoms with Gasteiger partial charge in [0.15, 0.2) is 0 Å². The Morgan fingerprint density at radius 2 is 2.24 bits per heavy atom. The highest BCUT2D eigenvalue weighted by Gasteiger charge is 2.21. The van der Waals surface area contributed by atoms with Crippen LogP contribution in [-0.2, 0) is 22.6 Å². The summed E-state index contributed by atoms with van der Waals surface area (Å²) in [6, 6.07) is 9.26. The fraction of sp³-hybridized carbons (Fsp3) is 0.375. The lowest BCUT2D eigenvalue weighted by molar-refractivity contribution is -0.148. The second-order valence-electron chi connectivity index (χ2n) is 5.27. The molecule has 21 heavy (non-hydrogen) atoms. The molecule has 0 radical (unpaired) electrons. The van der Waals surface area contributed by atoms with Crippen LogP contribution in [0.5, 0.6) is 0 Å². The zero-order valence-electron chi connectivity index (χ0n) is 12.1. The van der Waals surface area contributed by atoms with Crippen LogP contribution >= 0.6 is 0 Å². The molecule has 5 heteroatoms. The fourth-order valence-corrected chi connectivity index (χ4v) is 2.40. The average Bonchev–Trinajstić information content (AvgIpc) is 2.97. The molecular weight excluding hydrogens is 266 g/mol. The highest BCUT2D eigenvalue weighted by atomic mass is 16.5. The summed E-state index contributed by atoms with van der Waals surface area (Å²) in [5, 5.41) is 7.78. The van der Waals surface area contributed by atoms with Crippen LogP contribution in [0, 0.1) is 0 Å². The minimum Gasteiger partial charge on any atom is -0.459 e. The maximum Gasteiger partial charge on any atom is 0.330 e. The number of ether oxygens (including phenoxy) is 1. The molecule has 2 heterocycles. The van der Waals surface area contributed by atoms with Gasteiger partial charge in [0.1, 0.15) is 12.6 Å². The van der Waals surface area contributed by atoms with Crippen molar-refractivity contribution in [2.45, 2.75) is 32.4 Å². The zero-order chi connectivity index (χ0) is 14.7. The van der Waals surface area contributed by atoms with Crippen molar-refractivity contribution in [1.82, 2.24) is 9.78 Å². The summed E-state index contributed by atoms with van der Waals surface area (Å²) < 4.78 is 7.05. The Hall–Kier alpha value is -2.30. The Morgan fingerprint density at radius 3 is 3.00 bits per heavy atom. The van der Waals surface area contributed by atoms with Crippen molar-refractivity contribution in [2.24, 2.45) is 0 Å². The van der Waals surface area contributed by atoms with Gasteiger partial charge in [-0.1, -0.05) is 30.3 Å². The normalized spacial score (nSPS) is 14.9. The lowest BCUT2D eigenvalue weighted by atomic mass is 10.1. The first kappa shape index (κ1) is 13.7. The molecule has 5 nitrogen and oxygen atoms in total. The van der Waals surface area contributed by atoms with Gasteiger partial charge in [0, 0.05) is 12.7 Å². The van der Waals surface area contributed by atoms with Crippen molar-refractivity contribution in [2.75, 3.05) is 11.9 Å². The summed E-state index contributed by atoms with van der Waals surface area (Å²) in [5.74, 6) is -0.265. The molecule has 0 amide bonds. The van der Waals surface area contributed by atoms with Crippen LogP contribution in [0.2, 0.25) is 0 Å². The van der Waals surface area contributed by atoms with E-state index in [1.807, 2.05) is 43.5 Å². The predicted octanol–water partition coefficient (Wildman–Crippen LogP) is 2.55. The first-order valence-electron chi connectivity index (χ1n) is 7.26. The van der Waals surface area contributed by atoms with Gasteiger partial charge in [0.05, 0.1) is 11.4 Å². The third-order valence-corrected chi connectivity index (χ3v) is 3.68. The van der Waals surface area contributed by atoms with Gasteiger partial charge in [0.2, 0.25) is 0 Å². The van der Waals surface area contributed by atoms with E-state index in [1.165, 1.54) is 0 Å². The zero-order valence-corrected chi connectivity index (χ0v) is 12.1. The summed E-state index contributed by atoms with van der Waals surface area (Å²) in [4.78, 5) is 12.1. The third-order valence-electron chi connectivity index (χ3n) is 3.68. The Labute approximate surface area is 123 Å². The van der Waals surface area contributed by atoms with Crippen molar-refractivity contribution in [3.63, 3.8) is 0 Å². The van der Waals surface area contributed by atoms with E-state index in [1.54, 1.807) is 4.68 Å². The standard InChI is InChI=1S/C16H19N3O2/c1-12(16(20)21-11-13-6-3-2-4-7-13)19-10-15-14(18-19)8-5-9-17-15/h2-4,6-7,10,12,17H,5,8-9,11H2,1H3. The Balaban J connectivity index is 1.63. The lowest BCUT2D eigenvalue weighted by Crippen LogP contribution is -2.19. The van der Waals surface area contributed by atoms with E-state index in [4.69, 9.17) is 4.74 Å². The number of fused-ring (bicyclic) bond motifs is 1. The first-order valence-corrected chi connectivity index (χ1v) is 7.26. The second-order valence-corrected chi connectivity index (χ2v) is 5.27. The van der Waals surface area contributed by atoms with Gasteiger partial charge in [-0.2, -0.15) is 5.10 Å². The summed E-state index contributed by atoms with van der Waals surface area (Å²) in [6.45, 7) is 3.07. The topological polar surface area (TPSA) is 56.2 Å². The minimum atomic E-state index is -0.416. The molecule has 1 N–H and O–H groups in total. The van der Waals surface area contributed by atoms with Crippen molar-refractivity contribution >= 4 is 11.7 Å². The van der Waals surface area contributed by atoms with Crippen LogP contribution in [0.3, 0.4) is 0 Å². The largest absolute Gasteiger partial charge is 0.459 e. The number of aromatic nitrogens is 2. The Bertz CT molecular complexity index is 598. The quantitative estimate of drug-likeness (QED) is 0.877. The van der Waals surface area contributed by atoms with Crippen LogP contribution < -0.4 is 5.32 Å². The molecule has 0 bridgehead atoms. The molecular formula is C16H19N3O2. The maximum atomic E-state index is 12.1. The summed E-state index contributed by atoms with van der Waals surface area (Å²) in [5.41, 5.74) is 3.05. The number of rotatable bonds is 4. The number of carbonyl (C=O) groups excluding carboxylic acids is 1. The number of nitrogens with one attached hydrogen (secondary N) is 1. The molecule has 1 atom stereocenters. The molecule has 1 aromatic heterocycles. The molecule has 0 saturated heterocycles. The minimum absolute atomic E-state index is 0.265. The van der Waals surface area contributed by atoms with Gasteiger partial charge in [-0.25, -0.2) is 4.79 Å². The van der Waals surface area contributed by atoms with Crippen LogP contribution in [0.4, 0.5) is 5.69 Å². The molecule has 3 rings (SSSR count). The fourth-order valence-electron chi connectivity index (χ4n) is 2.40. The first-order chi connectivity index (χ1) is 10.2. The van der Waals surface area contributed by atoms with Crippen molar-refractivity contribution in [3.8, 4) is 0 Å². The monoisotopic (exact) mass is 285 g/mol. The molecule has 1 aliphatic rings. The van der Waals surface area contributed by atoms with Gasteiger partial charge in [-0.3, -0.25) is 4.68 Å². The average molecular weight is 285 g/mol. The van der Waals surface area contributed by atoms with Gasteiger partial charge in [0.25, 0.3) is 0 Å². The molecule has 1 aliphatic heterocycles. The molecule has 1 aromatic carbocycles. The smallest absolute Gasteiger partial charge is 0.330 e. The highest BCUT2D eigenvalue weighted by molar-refractivity contribution is 5.73. The SMILES string of the molecule is CC(C(=O)OCc1ccccc1)n1cc2c(n1)CCCN2. The molecule has 2 aromatic rings. The Kier molecular flexibility index (Phi) is 3.90. The maximum absolute atomic E-state index is 12.1. The third kappa shape index (κ3) is 3.07. The molecule has 1 unspecified atom stereocenters. The number of esters is 1. The highest BCUT2D eigenvalue weighted by Crippen LogP contribution is 2.22. The van der Waals surface area contributed by atoms with E-state index < -0.39 is 6.04 Å². The van der Waals surface area contributed by atoms with Gasteiger partial charge in [-0.15, -0.1) is 0 Å². The molecule has 0 saturated carbocycles.